The van der Waals surface area contributed by atoms with Gasteiger partial charge in [0.15, 0.2) is 0 Å². The van der Waals surface area contributed by atoms with Gasteiger partial charge in [0, 0.05) is 19.3 Å². The molecule has 7 heteroatoms. The highest BCUT2D eigenvalue weighted by Crippen LogP contribution is 2.40. The van der Waals surface area contributed by atoms with E-state index in [1.165, 1.54) is 10.9 Å². The Kier molecular flexibility index (Phi) is 3.59. The molecule has 21 heavy (non-hydrogen) atoms. The Balaban J connectivity index is 2.00. The predicted octanol–water partition coefficient (Wildman–Crippen LogP) is 3.27. The molecule has 0 saturated carbocycles. The average molecular weight is 304 g/mol. The quantitative estimate of drug-likeness (QED) is 0.643. The molecule has 0 fully saturated rings. The first kappa shape index (κ1) is 13.9. The highest BCUT2D eigenvalue weighted by Gasteiger charge is 2.30. The molecule has 0 radical (unpaired) electrons. The Labute approximate surface area is 126 Å². The van der Waals surface area contributed by atoms with Crippen LogP contribution in [0.25, 0.3) is 0 Å². The summed E-state index contributed by atoms with van der Waals surface area (Å²) in [5.41, 5.74) is 1.19. The minimum absolute atomic E-state index is 0.0494. The molecule has 3 rings (SSSR count). The standard InChI is InChI=1S/C14H16N4O2S/c1-9-16-10-5-3-6-11(13(10)21-9)17(2)14-12(18(19)20)7-4-8-15-14/h4,7-8,11H,3,5-6H2,1-2H3/t11-/m0/s1. The lowest BCUT2D eigenvalue weighted by Gasteiger charge is -2.31. The van der Waals surface area contributed by atoms with Crippen molar-refractivity contribution in [1.29, 1.82) is 0 Å². The number of nitro groups is 1. The van der Waals surface area contributed by atoms with Gasteiger partial charge in [0.25, 0.3) is 0 Å². The van der Waals surface area contributed by atoms with Gasteiger partial charge >= 0.3 is 5.69 Å². The van der Waals surface area contributed by atoms with Crippen LogP contribution in [0.4, 0.5) is 11.5 Å². The van der Waals surface area contributed by atoms with Crippen LogP contribution < -0.4 is 4.90 Å². The Morgan fingerprint density at radius 2 is 2.33 bits per heavy atom. The zero-order valence-corrected chi connectivity index (χ0v) is 12.8. The number of thiazole rings is 1. The Bertz CT molecular complexity index is 685. The molecule has 0 aromatic carbocycles. The van der Waals surface area contributed by atoms with Crippen molar-refractivity contribution in [2.75, 3.05) is 11.9 Å². The lowest BCUT2D eigenvalue weighted by molar-refractivity contribution is -0.384. The Morgan fingerprint density at radius 1 is 1.52 bits per heavy atom. The number of pyridine rings is 1. The van der Waals surface area contributed by atoms with E-state index in [1.807, 2.05) is 18.9 Å². The molecule has 0 bridgehead atoms. The van der Waals surface area contributed by atoms with E-state index in [-0.39, 0.29) is 16.7 Å². The number of aromatic nitrogens is 2. The second-order valence-electron chi connectivity index (χ2n) is 5.17. The van der Waals surface area contributed by atoms with Crippen molar-refractivity contribution in [2.24, 2.45) is 0 Å². The zero-order chi connectivity index (χ0) is 15.0. The summed E-state index contributed by atoms with van der Waals surface area (Å²) in [5, 5.41) is 12.2. The highest BCUT2D eigenvalue weighted by molar-refractivity contribution is 7.11. The van der Waals surface area contributed by atoms with Gasteiger partial charge in [-0.05, 0) is 32.3 Å². The van der Waals surface area contributed by atoms with Gasteiger partial charge in [0.1, 0.15) is 0 Å². The van der Waals surface area contributed by atoms with Gasteiger partial charge in [-0.15, -0.1) is 11.3 Å². The third kappa shape index (κ3) is 2.49. The van der Waals surface area contributed by atoms with Gasteiger partial charge < -0.3 is 4.90 Å². The summed E-state index contributed by atoms with van der Waals surface area (Å²) in [6, 6.07) is 3.22. The molecular formula is C14H16N4O2S. The van der Waals surface area contributed by atoms with Crippen molar-refractivity contribution >= 4 is 22.8 Å². The number of hydrogen-bond acceptors (Lipinski definition) is 6. The molecular weight excluding hydrogens is 288 g/mol. The van der Waals surface area contributed by atoms with Crippen molar-refractivity contribution < 1.29 is 4.92 Å². The fourth-order valence-electron chi connectivity index (χ4n) is 2.84. The molecule has 1 aliphatic rings. The van der Waals surface area contributed by atoms with E-state index in [9.17, 15) is 10.1 Å². The largest absolute Gasteiger partial charge is 0.346 e. The normalized spacial score (nSPS) is 17.3. The van der Waals surface area contributed by atoms with Crippen molar-refractivity contribution in [1.82, 2.24) is 9.97 Å². The maximum absolute atomic E-state index is 11.2. The second-order valence-corrected chi connectivity index (χ2v) is 6.40. The van der Waals surface area contributed by atoms with Crippen LogP contribution in [0.5, 0.6) is 0 Å². The van der Waals surface area contributed by atoms with Crippen molar-refractivity contribution in [2.45, 2.75) is 32.2 Å². The van der Waals surface area contributed by atoms with E-state index >= 15 is 0 Å². The van der Waals surface area contributed by atoms with E-state index in [2.05, 4.69) is 9.97 Å². The minimum atomic E-state index is -0.375. The topological polar surface area (TPSA) is 72.2 Å². The molecule has 0 spiro atoms. The molecule has 110 valence electrons. The maximum atomic E-state index is 11.2. The van der Waals surface area contributed by atoms with Crippen molar-refractivity contribution in [3.05, 3.63) is 44.0 Å². The van der Waals surface area contributed by atoms with Gasteiger partial charge in [-0.1, -0.05) is 0 Å². The fourth-order valence-corrected chi connectivity index (χ4v) is 3.99. The van der Waals surface area contributed by atoms with E-state index in [1.54, 1.807) is 23.6 Å². The molecule has 6 nitrogen and oxygen atoms in total. The van der Waals surface area contributed by atoms with Crippen LogP contribution in [0.15, 0.2) is 18.3 Å². The number of anilines is 1. The van der Waals surface area contributed by atoms with E-state index < -0.39 is 0 Å². The monoisotopic (exact) mass is 304 g/mol. The first-order valence-electron chi connectivity index (χ1n) is 6.86. The summed E-state index contributed by atoms with van der Waals surface area (Å²) in [6.45, 7) is 2.00. The molecule has 2 aromatic rings. The molecule has 2 heterocycles. The van der Waals surface area contributed by atoms with E-state index in [4.69, 9.17) is 0 Å². The number of hydrogen-bond donors (Lipinski definition) is 0. The SMILES string of the molecule is Cc1nc2c(s1)[C@@H](N(C)c1ncccc1[N+](=O)[O-])CCC2. The van der Waals surface area contributed by atoms with Crippen molar-refractivity contribution in [3.8, 4) is 0 Å². The predicted molar refractivity (Wildman–Crippen MR) is 81.8 cm³/mol. The highest BCUT2D eigenvalue weighted by atomic mass is 32.1. The van der Waals surface area contributed by atoms with Crippen LogP contribution in [0, 0.1) is 17.0 Å². The maximum Gasteiger partial charge on any atom is 0.311 e. The molecule has 0 aliphatic heterocycles. The number of nitrogens with zero attached hydrogens (tertiary/aromatic N) is 4. The zero-order valence-electron chi connectivity index (χ0n) is 11.9. The molecule has 1 aliphatic carbocycles. The van der Waals surface area contributed by atoms with Crippen LogP contribution in [0.1, 0.15) is 34.5 Å². The Hall–Kier alpha value is -2.02. The Morgan fingerprint density at radius 3 is 3.10 bits per heavy atom. The van der Waals surface area contributed by atoms with Gasteiger partial charge in [-0.25, -0.2) is 9.97 Å². The van der Waals surface area contributed by atoms with Crippen LogP contribution in [0.2, 0.25) is 0 Å². The third-order valence-corrected chi connectivity index (χ3v) is 4.91. The molecule has 2 aromatic heterocycles. The lowest BCUT2D eigenvalue weighted by atomic mass is 9.97. The third-order valence-electron chi connectivity index (χ3n) is 3.79. The second kappa shape index (κ2) is 5.40. The number of rotatable bonds is 3. The first-order valence-corrected chi connectivity index (χ1v) is 7.68. The van der Waals surface area contributed by atoms with Gasteiger partial charge in [0.2, 0.25) is 5.82 Å². The molecule has 1 atom stereocenters. The van der Waals surface area contributed by atoms with Crippen LogP contribution in [-0.4, -0.2) is 21.9 Å². The molecule has 0 unspecified atom stereocenters. The van der Waals surface area contributed by atoms with Gasteiger partial charge in [0.05, 0.1) is 26.5 Å². The fraction of sp³-hybridized carbons (Fsp3) is 0.429. The van der Waals surface area contributed by atoms with Crippen LogP contribution in [-0.2, 0) is 6.42 Å². The summed E-state index contributed by atoms with van der Waals surface area (Å²) in [7, 11) is 1.88. The molecule has 0 amide bonds. The smallest absolute Gasteiger partial charge is 0.311 e. The van der Waals surface area contributed by atoms with Crippen LogP contribution >= 0.6 is 11.3 Å². The lowest BCUT2D eigenvalue weighted by Crippen LogP contribution is -2.28. The van der Waals surface area contributed by atoms with Crippen molar-refractivity contribution in [3.63, 3.8) is 0 Å². The summed E-state index contributed by atoms with van der Waals surface area (Å²) in [5.74, 6) is 0.423. The van der Waals surface area contributed by atoms with E-state index in [0.717, 1.165) is 30.0 Å². The summed E-state index contributed by atoms with van der Waals surface area (Å²) in [4.78, 5) is 22.8. The van der Waals surface area contributed by atoms with Gasteiger partial charge in [-0.3, -0.25) is 10.1 Å². The first-order chi connectivity index (χ1) is 10.1. The number of aryl methyl sites for hydroxylation is 2. The summed E-state index contributed by atoms with van der Waals surface area (Å²) in [6.07, 6.45) is 4.61. The summed E-state index contributed by atoms with van der Waals surface area (Å²) >= 11 is 1.69. The molecule has 0 N–H and O–H groups in total. The molecule has 0 saturated heterocycles. The number of fused-ring (bicyclic) bond motifs is 1. The average Bonchev–Trinajstić information content (AvgIpc) is 2.86. The van der Waals surface area contributed by atoms with Gasteiger partial charge in [-0.2, -0.15) is 0 Å². The minimum Gasteiger partial charge on any atom is -0.346 e. The summed E-state index contributed by atoms with van der Waals surface area (Å²) < 4.78 is 0. The van der Waals surface area contributed by atoms with Crippen LogP contribution in [0.3, 0.4) is 0 Å². The van der Waals surface area contributed by atoms with E-state index in [0.29, 0.717) is 5.82 Å².